The van der Waals surface area contributed by atoms with Gasteiger partial charge in [0.25, 0.3) is 0 Å². The van der Waals surface area contributed by atoms with Gasteiger partial charge in [0, 0.05) is 42.8 Å². The van der Waals surface area contributed by atoms with Gasteiger partial charge < -0.3 is 14.1 Å². The molecular weight excluding hydrogens is 340 g/mol. The lowest BCUT2D eigenvalue weighted by molar-refractivity contribution is -0.00571. The maximum Gasteiger partial charge on any atom is 0.226 e. The van der Waals surface area contributed by atoms with Gasteiger partial charge in [-0.1, -0.05) is 0 Å². The van der Waals surface area contributed by atoms with E-state index in [0.717, 1.165) is 52.7 Å². The van der Waals surface area contributed by atoms with Crippen LogP contribution in [0.1, 0.15) is 25.2 Å². The fraction of sp³-hybridized carbons (Fsp3) is 0.381. The highest BCUT2D eigenvalue weighted by atomic mass is 16.5. The topological polar surface area (TPSA) is 64.3 Å². The molecule has 0 spiro atoms. The van der Waals surface area contributed by atoms with E-state index in [2.05, 4.69) is 23.7 Å². The van der Waals surface area contributed by atoms with E-state index in [9.17, 15) is 0 Å². The van der Waals surface area contributed by atoms with Crippen LogP contribution >= 0.6 is 0 Å². The summed E-state index contributed by atoms with van der Waals surface area (Å²) in [5, 5.41) is 0. The van der Waals surface area contributed by atoms with Gasteiger partial charge in [0.15, 0.2) is 0 Å². The molecule has 1 unspecified atom stereocenters. The average molecular weight is 364 g/mol. The number of aromatic nitrogens is 3. The summed E-state index contributed by atoms with van der Waals surface area (Å²) in [6, 6.07) is 3.97. The molecule has 0 radical (unpaired) electrons. The van der Waals surface area contributed by atoms with E-state index in [1.807, 2.05) is 38.4 Å². The zero-order valence-electron chi connectivity index (χ0n) is 16.1. The number of ether oxygens (including phenoxy) is 1. The third kappa shape index (κ3) is 3.45. The molecule has 140 valence electrons. The molecular formula is C21H24N4O2. The zero-order valence-corrected chi connectivity index (χ0v) is 16.1. The molecule has 27 heavy (non-hydrogen) atoms. The minimum Gasteiger partial charge on any atom is -0.469 e. The number of aryl methyl sites for hydroxylation is 2. The molecule has 1 aliphatic rings. The van der Waals surface area contributed by atoms with Gasteiger partial charge in [0.05, 0.1) is 24.2 Å². The molecule has 3 aromatic rings. The van der Waals surface area contributed by atoms with Crippen LogP contribution in [0.15, 0.2) is 41.4 Å². The van der Waals surface area contributed by atoms with Crippen molar-refractivity contribution < 1.29 is 9.15 Å². The number of morpholine rings is 1. The van der Waals surface area contributed by atoms with Crippen LogP contribution in [0.2, 0.25) is 0 Å². The molecule has 0 N–H and O–H groups in total. The van der Waals surface area contributed by atoms with Crippen LogP contribution in [0.3, 0.4) is 0 Å². The fourth-order valence-electron chi connectivity index (χ4n) is 3.67. The van der Waals surface area contributed by atoms with E-state index in [1.54, 1.807) is 12.5 Å². The van der Waals surface area contributed by atoms with E-state index < -0.39 is 0 Å². The lowest BCUT2D eigenvalue weighted by Gasteiger charge is -2.35. The second-order valence-corrected chi connectivity index (χ2v) is 7.18. The molecule has 2 atom stereocenters. The minimum atomic E-state index is 0.151. The van der Waals surface area contributed by atoms with Gasteiger partial charge in [-0.05, 0) is 51.0 Å². The molecule has 0 bridgehead atoms. The van der Waals surface area contributed by atoms with Crippen molar-refractivity contribution in [3.8, 4) is 22.4 Å². The molecule has 0 aliphatic carbocycles. The zero-order chi connectivity index (χ0) is 19.0. The Morgan fingerprint density at radius 3 is 2.44 bits per heavy atom. The van der Waals surface area contributed by atoms with Crippen molar-refractivity contribution in [2.24, 2.45) is 0 Å². The van der Waals surface area contributed by atoms with Crippen LogP contribution in [-0.4, -0.2) is 40.2 Å². The SMILES string of the molecule is Cc1cnccc1-c1cnc(N2CC(C)O[C@@H](C)C2)nc1-c1ccoc1C. The van der Waals surface area contributed by atoms with Crippen LogP contribution in [0.25, 0.3) is 22.4 Å². The number of anilines is 1. The second kappa shape index (κ2) is 7.12. The van der Waals surface area contributed by atoms with Crippen molar-refractivity contribution in [2.75, 3.05) is 18.0 Å². The predicted molar refractivity (Wildman–Crippen MR) is 105 cm³/mol. The van der Waals surface area contributed by atoms with E-state index in [0.29, 0.717) is 0 Å². The second-order valence-electron chi connectivity index (χ2n) is 7.18. The van der Waals surface area contributed by atoms with E-state index in [4.69, 9.17) is 19.1 Å². The molecule has 0 amide bonds. The van der Waals surface area contributed by atoms with Crippen molar-refractivity contribution in [3.05, 3.63) is 48.3 Å². The number of hydrogen-bond acceptors (Lipinski definition) is 6. The summed E-state index contributed by atoms with van der Waals surface area (Å²) >= 11 is 0. The summed E-state index contributed by atoms with van der Waals surface area (Å²) in [6.45, 7) is 9.73. The summed E-state index contributed by atoms with van der Waals surface area (Å²) in [4.78, 5) is 16.1. The Kier molecular flexibility index (Phi) is 4.66. The molecule has 1 fully saturated rings. The van der Waals surface area contributed by atoms with Gasteiger partial charge in [0.2, 0.25) is 5.95 Å². The highest BCUT2D eigenvalue weighted by molar-refractivity contribution is 5.82. The van der Waals surface area contributed by atoms with Gasteiger partial charge in [-0.25, -0.2) is 9.97 Å². The first-order chi connectivity index (χ1) is 13.0. The predicted octanol–water partition coefficient (Wildman–Crippen LogP) is 4.03. The maximum atomic E-state index is 5.85. The van der Waals surface area contributed by atoms with Crippen LogP contribution in [-0.2, 0) is 4.74 Å². The Labute approximate surface area is 159 Å². The lowest BCUT2D eigenvalue weighted by Crippen LogP contribution is -2.46. The van der Waals surface area contributed by atoms with Crippen molar-refractivity contribution in [2.45, 2.75) is 39.9 Å². The molecule has 6 heteroatoms. The standard InChI is InChI=1S/C21H24N4O2/c1-13-9-22-7-5-17(13)19-10-23-21(25-11-14(2)27-15(3)12-25)24-20(19)18-6-8-26-16(18)4/h5-10,14-15H,11-12H2,1-4H3/t14-,15?/m0/s1. The van der Waals surface area contributed by atoms with Gasteiger partial charge >= 0.3 is 0 Å². The Hall–Kier alpha value is -2.73. The average Bonchev–Trinajstić information content (AvgIpc) is 3.07. The Morgan fingerprint density at radius 1 is 1.00 bits per heavy atom. The smallest absolute Gasteiger partial charge is 0.226 e. The highest BCUT2D eigenvalue weighted by Crippen LogP contribution is 2.35. The third-order valence-electron chi connectivity index (χ3n) is 4.90. The molecule has 1 aliphatic heterocycles. The largest absolute Gasteiger partial charge is 0.469 e. The summed E-state index contributed by atoms with van der Waals surface area (Å²) in [7, 11) is 0. The quantitative estimate of drug-likeness (QED) is 0.699. The summed E-state index contributed by atoms with van der Waals surface area (Å²) in [5.74, 6) is 1.57. The number of rotatable bonds is 3. The van der Waals surface area contributed by atoms with Gasteiger partial charge in [0.1, 0.15) is 5.76 Å². The van der Waals surface area contributed by atoms with Gasteiger partial charge in [-0.2, -0.15) is 0 Å². The molecule has 0 aromatic carbocycles. The first-order valence-electron chi connectivity index (χ1n) is 9.26. The van der Waals surface area contributed by atoms with Crippen LogP contribution < -0.4 is 4.90 Å². The molecule has 0 saturated carbocycles. The Balaban J connectivity index is 1.84. The summed E-state index contributed by atoms with van der Waals surface area (Å²) in [5.41, 5.74) is 5.02. The number of nitrogens with zero attached hydrogens (tertiary/aromatic N) is 4. The van der Waals surface area contributed by atoms with Gasteiger partial charge in [-0.15, -0.1) is 0 Å². The number of hydrogen-bond donors (Lipinski definition) is 0. The van der Waals surface area contributed by atoms with Crippen LogP contribution in [0, 0.1) is 13.8 Å². The fourth-order valence-corrected chi connectivity index (χ4v) is 3.67. The molecule has 4 heterocycles. The van der Waals surface area contributed by atoms with Gasteiger partial charge in [-0.3, -0.25) is 4.98 Å². The van der Waals surface area contributed by atoms with Crippen molar-refractivity contribution in [1.29, 1.82) is 0 Å². The molecule has 1 saturated heterocycles. The first kappa shape index (κ1) is 17.7. The highest BCUT2D eigenvalue weighted by Gasteiger charge is 2.25. The minimum absolute atomic E-state index is 0.151. The van der Waals surface area contributed by atoms with E-state index in [1.165, 1.54) is 0 Å². The van der Waals surface area contributed by atoms with E-state index in [-0.39, 0.29) is 12.2 Å². The van der Waals surface area contributed by atoms with E-state index >= 15 is 0 Å². The van der Waals surface area contributed by atoms with Crippen LogP contribution in [0.5, 0.6) is 0 Å². The third-order valence-corrected chi connectivity index (χ3v) is 4.90. The van der Waals surface area contributed by atoms with Crippen molar-refractivity contribution in [1.82, 2.24) is 15.0 Å². The Morgan fingerprint density at radius 2 is 1.78 bits per heavy atom. The lowest BCUT2D eigenvalue weighted by atomic mass is 9.99. The van der Waals surface area contributed by atoms with Crippen LogP contribution in [0.4, 0.5) is 5.95 Å². The number of pyridine rings is 1. The maximum absolute atomic E-state index is 5.85. The van der Waals surface area contributed by atoms with Crippen molar-refractivity contribution >= 4 is 5.95 Å². The monoisotopic (exact) mass is 364 g/mol. The molecule has 6 nitrogen and oxygen atoms in total. The summed E-state index contributed by atoms with van der Waals surface area (Å²) in [6.07, 6.45) is 7.58. The van der Waals surface area contributed by atoms with Crippen molar-refractivity contribution in [3.63, 3.8) is 0 Å². The first-order valence-corrected chi connectivity index (χ1v) is 9.26. The normalized spacial score (nSPS) is 20.1. The number of furan rings is 1. The summed E-state index contributed by atoms with van der Waals surface area (Å²) < 4.78 is 11.4. The molecule has 4 rings (SSSR count). The Bertz CT molecular complexity index is 943. The molecule has 3 aromatic heterocycles.